The number of esters is 1. The van der Waals surface area contributed by atoms with E-state index in [0.29, 0.717) is 12.0 Å². The zero-order valence-electron chi connectivity index (χ0n) is 25.8. The van der Waals surface area contributed by atoms with Crippen LogP contribution in [0.25, 0.3) is 0 Å². The Kier molecular flexibility index (Phi) is 15.4. The highest BCUT2D eigenvalue weighted by Gasteiger charge is 2.37. The van der Waals surface area contributed by atoms with Gasteiger partial charge in [-0.25, -0.2) is 4.79 Å². The number of carbonyl (C=O) groups excluding carboxylic acids is 5. The number of phenols is 1. The standard InChI is InChI=1S/C30H48N4O8/c1-7-9-10-11-19-34(28(39)22(15-16-23(31)35)33-29(40)42-30(4,5)6)25(21-14-12-13-20(3)26(21)37)27(38)32-18-17-24(36)41-8-2/h12-14,22,25,37H,7-11,15-19H2,1-6H3,(H2,31,35)(H,32,38)(H,33,40). The maximum absolute atomic E-state index is 14.2. The van der Waals surface area contributed by atoms with Crippen LogP contribution in [-0.4, -0.2) is 71.1 Å². The highest BCUT2D eigenvalue weighted by Crippen LogP contribution is 2.33. The first-order valence-corrected chi connectivity index (χ1v) is 14.5. The molecule has 1 aromatic rings. The lowest BCUT2D eigenvalue weighted by Gasteiger charge is -2.35. The number of nitrogens with two attached hydrogens (primary N) is 1. The summed E-state index contributed by atoms with van der Waals surface area (Å²) in [6, 6.07) is 2.32. The summed E-state index contributed by atoms with van der Waals surface area (Å²) in [4.78, 5) is 65.4. The summed E-state index contributed by atoms with van der Waals surface area (Å²) in [6.07, 6.45) is 1.85. The van der Waals surface area contributed by atoms with Gasteiger partial charge in [0.05, 0.1) is 13.0 Å². The minimum atomic E-state index is -1.31. The number of aromatic hydroxyl groups is 1. The van der Waals surface area contributed by atoms with Crippen LogP contribution in [0.5, 0.6) is 5.75 Å². The van der Waals surface area contributed by atoms with Crippen LogP contribution >= 0.6 is 0 Å². The number of para-hydroxylation sites is 1. The summed E-state index contributed by atoms with van der Waals surface area (Å²) >= 11 is 0. The Morgan fingerprint density at radius 2 is 1.74 bits per heavy atom. The summed E-state index contributed by atoms with van der Waals surface area (Å²) in [5.74, 6) is -2.60. The molecule has 4 amide bonds. The van der Waals surface area contributed by atoms with Crippen LogP contribution in [0.15, 0.2) is 18.2 Å². The lowest BCUT2D eigenvalue weighted by molar-refractivity contribution is -0.144. The monoisotopic (exact) mass is 592 g/mol. The van der Waals surface area contributed by atoms with Crippen molar-refractivity contribution < 1.29 is 38.6 Å². The van der Waals surface area contributed by atoms with Gasteiger partial charge in [-0.15, -0.1) is 0 Å². The zero-order valence-corrected chi connectivity index (χ0v) is 25.8. The molecule has 0 heterocycles. The number of benzene rings is 1. The second kappa shape index (κ2) is 17.9. The van der Waals surface area contributed by atoms with E-state index in [1.165, 1.54) is 4.90 Å². The van der Waals surface area contributed by atoms with Crippen LogP contribution in [0.4, 0.5) is 4.79 Å². The number of nitrogens with zero attached hydrogens (tertiary/aromatic N) is 1. The molecule has 0 spiro atoms. The average Bonchev–Trinajstić information content (AvgIpc) is 2.89. The summed E-state index contributed by atoms with van der Waals surface area (Å²) < 4.78 is 10.3. The third kappa shape index (κ3) is 12.8. The molecule has 2 atom stereocenters. The summed E-state index contributed by atoms with van der Waals surface area (Å²) in [7, 11) is 0. The maximum Gasteiger partial charge on any atom is 0.408 e. The molecule has 0 saturated carbocycles. The molecule has 0 fully saturated rings. The predicted octanol–water partition coefficient (Wildman–Crippen LogP) is 3.38. The number of rotatable bonds is 17. The molecular formula is C30H48N4O8. The van der Waals surface area contributed by atoms with E-state index >= 15 is 0 Å². The van der Waals surface area contributed by atoms with Crippen molar-refractivity contribution >= 4 is 29.8 Å². The van der Waals surface area contributed by atoms with E-state index < -0.39 is 47.5 Å². The Balaban J connectivity index is 3.55. The minimum absolute atomic E-state index is 0.0557. The van der Waals surface area contributed by atoms with Crippen LogP contribution in [0.2, 0.25) is 0 Å². The number of aryl methyl sites for hydroxylation is 1. The molecule has 42 heavy (non-hydrogen) atoms. The number of primary amides is 1. The van der Waals surface area contributed by atoms with Gasteiger partial charge in [-0.3, -0.25) is 19.2 Å². The number of hydrogen-bond acceptors (Lipinski definition) is 8. The Bertz CT molecular complexity index is 1070. The maximum atomic E-state index is 14.2. The van der Waals surface area contributed by atoms with Gasteiger partial charge < -0.3 is 35.8 Å². The molecule has 0 aromatic heterocycles. The number of hydrogen-bond donors (Lipinski definition) is 4. The van der Waals surface area contributed by atoms with Crippen molar-refractivity contribution in [3.8, 4) is 5.75 Å². The van der Waals surface area contributed by atoms with Crippen LogP contribution in [0, 0.1) is 6.92 Å². The lowest BCUT2D eigenvalue weighted by atomic mass is 9.98. The van der Waals surface area contributed by atoms with Gasteiger partial charge in [0.2, 0.25) is 17.7 Å². The molecule has 0 saturated heterocycles. The lowest BCUT2D eigenvalue weighted by Crippen LogP contribution is -2.53. The van der Waals surface area contributed by atoms with Gasteiger partial charge in [0.1, 0.15) is 23.4 Å². The fourth-order valence-corrected chi connectivity index (χ4v) is 4.24. The highest BCUT2D eigenvalue weighted by atomic mass is 16.6. The Morgan fingerprint density at radius 3 is 2.33 bits per heavy atom. The van der Waals surface area contributed by atoms with Crippen LogP contribution < -0.4 is 16.4 Å². The number of nitrogens with one attached hydrogen (secondary N) is 2. The molecule has 1 rings (SSSR count). The first kappa shape index (κ1) is 36.2. The van der Waals surface area contributed by atoms with Gasteiger partial charge in [0.15, 0.2) is 0 Å². The first-order valence-electron chi connectivity index (χ1n) is 14.5. The molecule has 0 radical (unpaired) electrons. The van der Waals surface area contributed by atoms with E-state index in [2.05, 4.69) is 10.6 Å². The number of phenolic OH excluding ortho intramolecular Hbond substituents is 1. The normalized spacial score (nSPS) is 12.5. The average molecular weight is 593 g/mol. The fraction of sp³-hybridized carbons (Fsp3) is 0.633. The van der Waals surface area contributed by atoms with Crippen LogP contribution in [-0.2, 0) is 28.7 Å². The van der Waals surface area contributed by atoms with Gasteiger partial charge in [-0.2, -0.15) is 0 Å². The third-order valence-electron chi connectivity index (χ3n) is 6.26. The van der Waals surface area contributed by atoms with Crippen LogP contribution in [0.3, 0.4) is 0 Å². The van der Waals surface area contributed by atoms with Crippen LogP contribution in [0.1, 0.15) is 96.7 Å². The topological polar surface area (TPSA) is 177 Å². The van der Waals surface area contributed by atoms with E-state index in [-0.39, 0.29) is 50.3 Å². The van der Waals surface area contributed by atoms with Crippen molar-refractivity contribution in [1.29, 1.82) is 0 Å². The van der Waals surface area contributed by atoms with E-state index in [4.69, 9.17) is 15.2 Å². The molecule has 0 bridgehead atoms. The largest absolute Gasteiger partial charge is 0.507 e. The first-order chi connectivity index (χ1) is 19.7. The number of ether oxygens (including phenoxy) is 2. The zero-order chi connectivity index (χ0) is 31.9. The van der Waals surface area contributed by atoms with Crippen molar-refractivity contribution in [2.24, 2.45) is 5.73 Å². The molecule has 236 valence electrons. The summed E-state index contributed by atoms with van der Waals surface area (Å²) in [5.41, 5.74) is 5.18. The Labute approximate surface area is 248 Å². The highest BCUT2D eigenvalue weighted by molar-refractivity contribution is 5.93. The van der Waals surface area contributed by atoms with E-state index in [1.54, 1.807) is 52.8 Å². The molecular weight excluding hydrogens is 544 g/mol. The molecule has 12 nitrogen and oxygen atoms in total. The molecule has 1 aromatic carbocycles. The molecule has 2 unspecified atom stereocenters. The molecule has 0 aliphatic rings. The number of carbonyl (C=O) groups is 5. The Morgan fingerprint density at radius 1 is 1.05 bits per heavy atom. The summed E-state index contributed by atoms with van der Waals surface area (Å²) in [6.45, 7) is 10.7. The molecule has 5 N–H and O–H groups in total. The second-order valence-corrected chi connectivity index (χ2v) is 11.1. The van der Waals surface area contributed by atoms with Gasteiger partial charge in [0, 0.05) is 25.1 Å². The Hall–Kier alpha value is -3.83. The third-order valence-corrected chi connectivity index (χ3v) is 6.26. The fourth-order valence-electron chi connectivity index (χ4n) is 4.24. The van der Waals surface area contributed by atoms with E-state index in [1.807, 2.05) is 6.92 Å². The molecule has 12 heteroatoms. The van der Waals surface area contributed by atoms with Crippen molar-refractivity contribution in [2.45, 2.75) is 104 Å². The smallest absolute Gasteiger partial charge is 0.408 e. The SMILES string of the molecule is CCCCCCN(C(=O)C(CCC(N)=O)NC(=O)OC(C)(C)C)C(C(=O)NCCC(=O)OCC)c1cccc(C)c1O. The molecule has 0 aliphatic carbocycles. The van der Waals surface area contributed by atoms with Gasteiger partial charge in [-0.05, 0) is 53.0 Å². The predicted molar refractivity (Wildman–Crippen MR) is 157 cm³/mol. The van der Waals surface area contributed by atoms with E-state index in [9.17, 15) is 29.1 Å². The van der Waals surface area contributed by atoms with Gasteiger partial charge in [-0.1, -0.05) is 44.4 Å². The van der Waals surface area contributed by atoms with Gasteiger partial charge >= 0.3 is 12.1 Å². The number of amides is 4. The molecule has 0 aliphatic heterocycles. The number of alkyl carbamates (subject to hydrolysis) is 1. The number of unbranched alkanes of at least 4 members (excludes halogenated alkanes) is 3. The van der Waals surface area contributed by atoms with Crippen molar-refractivity contribution in [2.75, 3.05) is 19.7 Å². The van der Waals surface area contributed by atoms with E-state index in [0.717, 1.165) is 19.3 Å². The van der Waals surface area contributed by atoms with Crippen molar-refractivity contribution in [1.82, 2.24) is 15.5 Å². The quantitative estimate of drug-likeness (QED) is 0.157. The van der Waals surface area contributed by atoms with Crippen molar-refractivity contribution in [3.63, 3.8) is 0 Å². The summed E-state index contributed by atoms with van der Waals surface area (Å²) in [5, 5.41) is 16.2. The minimum Gasteiger partial charge on any atom is -0.507 e. The second-order valence-electron chi connectivity index (χ2n) is 11.1. The van der Waals surface area contributed by atoms with Crippen molar-refractivity contribution in [3.05, 3.63) is 29.3 Å². The van der Waals surface area contributed by atoms with Gasteiger partial charge in [0.25, 0.3) is 0 Å².